The second kappa shape index (κ2) is 9.44. The molecule has 2 amide bonds. The average molecular weight is 492 g/mol. The molecule has 37 heavy (non-hydrogen) atoms. The lowest BCUT2D eigenvalue weighted by Gasteiger charge is -2.09. The highest BCUT2D eigenvalue weighted by molar-refractivity contribution is 6.50. The van der Waals surface area contributed by atoms with Crippen LogP contribution < -0.4 is 15.4 Å². The molecule has 0 bridgehead atoms. The number of benzene rings is 3. The topological polar surface area (TPSA) is 85.5 Å². The molecule has 1 aliphatic heterocycles. The molecule has 7 nitrogen and oxygen atoms in total. The standard InChI is InChI=1S/C30H25N3O4/c1-33-18-24(27-26(29(34)32-30(27)35)22-9-5-8-20-12-14-37-28(20)22)23-16-21(10-11-25(23)33)36-15-13-31-17-19-6-3-2-4-7-19/h2-12,14,16,18,31H,13,15,17H2,1H3,(H,32,34,35). The van der Waals surface area contributed by atoms with Gasteiger partial charge in [-0.1, -0.05) is 48.5 Å². The Morgan fingerprint density at radius 3 is 2.57 bits per heavy atom. The number of carbonyl (C=O) groups is 2. The van der Waals surface area contributed by atoms with Gasteiger partial charge in [-0.2, -0.15) is 0 Å². The highest BCUT2D eigenvalue weighted by Crippen LogP contribution is 2.39. The van der Waals surface area contributed by atoms with E-state index in [2.05, 4.69) is 22.8 Å². The van der Waals surface area contributed by atoms with Crippen molar-refractivity contribution in [3.05, 3.63) is 102 Å². The van der Waals surface area contributed by atoms with Gasteiger partial charge in [0.2, 0.25) is 0 Å². The van der Waals surface area contributed by atoms with Crippen LogP contribution in [0.5, 0.6) is 5.75 Å². The van der Waals surface area contributed by atoms with Crippen LogP contribution in [-0.2, 0) is 23.2 Å². The van der Waals surface area contributed by atoms with Gasteiger partial charge in [0.25, 0.3) is 11.8 Å². The lowest BCUT2D eigenvalue weighted by atomic mass is 9.95. The van der Waals surface area contributed by atoms with E-state index in [4.69, 9.17) is 9.15 Å². The highest BCUT2D eigenvalue weighted by atomic mass is 16.5. The first kappa shape index (κ1) is 22.8. The number of amides is 2. The molecule has 2 aromatic heterocycles. The Labute approximate surface area is 213 Å². The number of ether oxygens (including phenoxy) is 1. The van der Waals surface area contributed by atoms with Gasteiger partial charge in [0.1, 0.15) is 17.9 Å². The van der Waals surface area contributed by atoms with Crippen molar-refractivity contribution in [2.75, 3.05) is 13.2 Å². The summed E-state index contributed by atoms with van der Waals surface area (Å²) < 4.78 is 13.6. The summed E-state index contributed by atoms with van der Waals surface area (Å²) in [5.74, 6) is -0.160. The lowest BCUT2D eigenvalue weighted by Crippen LogP contribution is -2.22. The van der Waals surface area contributed by atoms with Crippen molar-refractivity contribution in [3.63, 3.8) is 0 Å². The van der Waals surface area contributed by atoms with Gasteiger partial charge in [0.05, 0.1) is 17.4 Å². The molecular weight excluding hydrogens is 466 g/mol. The van der Waals surface area contributed by atoms with E-state index in [9.17, 15) is 9.59 Å². The maximum absolute atomic E-state index is 13.1. The minimum absolute atomic E-state index is 0.314. The molecule has 0 fully saturated rings. The SMILES string of the molecule is Cn1cc(C2=C(c3cccc4ccoc34)C(=O)NC2=O)c2cc(OCCNCc3ccccc3)ccc21. The first-order valence-corrected chi connectivity index (χ1v) is 12.1. The summed E-state index contributed by atoms with van der Waals surface area (Å²) in [7, 11) is 1.92. The van der Waals surface area contributed by atoms with Crippen LogP contribution in [-0.4, -0.2) is 29.5 Å². The number of furan rings is 1. The Hall–Kier alpha value is -4.62. The predicted molar refractivity (Wildman–Crippen MR) is 143 cm³/mol. The maximum atomic E-state index is 13.1. The van der Waals surface area contributed by atoms with Crippen molar-refractivity contribution in [1.29, 1.82) is 0 Å². The Bertz CT molecular complexity index is 1680. The molecule has 0 saturated heterocycles. The number of aryl methyl sites for hydroxylation is 1. The Morgan fingerprint density at radius 1 is 0.919 bits per heavy atom. The Kier molecular flexibility index (Phi) is 5.82. The van der Waals surface area contributed by atoms with Crippen molar-refractivity contribution < 1.29 is 18.7 Å². The number of nitrogens with zero attached hydrogens (tertiary/aromatic N) is 1. The number of imide groups is 1. The van der Waals surface area contributed by atoms with E-state index in [-0.39, 0.29) is 0 Å². The van der Waals surface area contributed by atoms with E-state index in [1.807, 2.05) is 78.5 Å². The predicted octanol–water partition coefficient (Wildman–Crippen LogP) is 4.66. The van der Waals surface area contributed by atoms with Crippen LogP contribution in [0.2, 0.25) is 0 Å². The van der Waals surface area contributed by atoms with Crippen LogP contribution in [0.1, 0.15) is 16.7 Å². The molecule has 0 atom stereocenters. The van der Waals surface area contributed by atoms with Crippen molar-refractivity contribution in [1.82, 2.24) is 15.2 Å². The molecule has 3 aromatic carbocycles. The molecule has 6 rings (SSSR count). The summed E-state index contributed by atoms with van der Waals surface area (Å²) in [4.78, 5) is 26.1. The monoisotopic (exact) mass is 491 g/mol. The van der Waals surface area contributed by atoms with E-state index in [1.54, 1.807) is 6.26 Å². The molecule has 0 unspecified atom stereocenters. The zero-order valence-corrected chi connectivity index (χ0v) is 20.3. The fourth-order valence-corrected chi connectivity index (χ4v) is 4.89. The molecule has 0 spiro atoms. The van der Waals surface area contributed by atoms with Gasteiger partial charge in [-0.15, -0.1) is 0 Å². The van der Waals surface area contributed by atoms with Gasteiger partial charge in [-0.3, -0.25) is 14.9 Å². The molecular formula is C30H25N3O4. The van der Waals surface area contributed by atoms with Crippen LogP contribution in [0.4, 0.5) is 0 Å². The normalized spacial score (nSPS) is 13.6. The van der Waals surface area contributed by atoms with Crippen molar-refractivity contribution >= 4 is 44.8 Å². The van der Waals surface area contributed by atoms with Crippen molar-refractivity contribution in [3.8, 4) is 5.75 Å². The number of para-hydroxylation sites is 1. The lowest BCUT2D eigenvalue weighted by molar-refractivity contribution is -0.122. The average Bonchev–Trinajstić information content (AvgIpc) is 3.59. The minimum Gasteiger partial charge on any atom is -0.492 e. The number of carbonyl (C=O) groups excluding carboxylic acids is 2. The largest absolute Gasteiger partial charge is 0.492 e. The van der Waals surface area contributed by atoms with E-state index in [0.29, 0.717) is 46.8 Å². The maximum Gasteiger partial charge on any atom is 0.259 e. The van der Waals surface area contributed by atoms with E-state index in [1.165, 1.54) is 5.56 Å². The second-order valence-corrected chi connectivity index (χ2v) is 9.02. The van der Waals surface area contributed by atoms with Gasteiger partial charge in [0, 0.05) is 53.8 Å². The highest BCUT2D eigenvalue weighted by Gasteiger charge is 2.35. The van der Waals surface area contributed by atoms with Gasteiger partial charge < -0.3 is 19.0 Å². The molecule has 0 radical (unpaired) electrons. The minimum atomic E-state index is -0.433. The van der Waals surface area contributed by atoms with Gasteiger partial charge in [-0.25, -0.2) is 0 Å². The fourth-order valence-electron chi connectivity index (χ4n) is 4.89. The summed E-state index contributed by atoms with van der Waals surface area (Å²) in [6, 6.07) is 23.4. The molecule has 1 aliphatic rings. The third kappa shape index (κ3) is 4.19. The first-order chi connectivity index (χ1) is 18.1. The molecule has 0 saturated carbocycles. The summed E-state index contributed by atoms with van der Waals surface area (Å²) >= 11 is 0. The van der Waals surface area contributed by atoms with Gasteiger partial charge in [0.15, 0.2) is 0 Å². The number of rotatable bonds is 8. The van der Waals surface area contributed by atoms with Crippen LogP contribution in [0.15, 0.2) is 89.7 Å². The molecule has 0 aliphatic carbocycles. The second-order valence-electron chi connectivity index (χ2n) is 9.02. The van der Waals surface area contributed by atoms with Gasteiger partial charge in [-0.05, 0) is 29.8 Å². The molecule has 5 aromatic rings. The van der Waals surface area contributed by atoms with Crippen molar-refractivity contribution in [2.24, 2.45) is 7.05 Å². The fraction of sp³-hybridized carbons (Fsp3) is 0.133. The third-order valence-corrected chi connectivity index (χ3v) is 6.63. The molecule has 3 heterocycles. The van der Waals surface area contributed by atoms with E-state index < -0.39 is 11.8 Å². The summed E-state index contributed by atoms with van der Waals surface area (Å²) in [5.41, 5.74) is 4.64. The Balaban J connectivity index is 1.32. The Morgan fingerprint density at radius 2 is 1.73 bits per heavy atom. The third-order valence-electron chi connectivity index (χ3n) is 6.63. The van der Waals surface area contributed by atoms with Crippen LogP contribution in [0.3, 0.4) is 0 Å². The van der Waals surface area contributed by atoms with Crippen LogP contribution >= 0.6 is 0 Å². The summed E-state index contributed by atoms with van der Waals surface area (Å²) in [5, 5.41) is 7.56. The molecule has 7 heteroatoms. The summed E-state index contributed by atoms with van der Waals surface area (Å²) in [6.45, 7) is 1.95. The first-order valence-electron chi connectivity index (χ1n) is 12.1. The number of fused-ring (bicyclic) bond motifs is 2. The number of nitrogens with one attached hydrogen (secondary N) is 2. The quantitative estimate of drug-likeness (QED) is 0.244. The van der Waals surface area contributed by atoms with Gasteiger partial charge >= 0.3 is 0 Å². The molecule has 2 N–H and O–H groups in total. The zero-order chi connectivity index (χ0) is 25.4. The van der Waals surface area contributed by atoms with Crippen molar-refractivity contribution in [2.45, 2.75) is 6.54 Å². The summed E-state index contributed by atoms with van der Waals surface area (Å²) in [6.07, 6.45) is 3.46. The van der Waals surface area contributed by atoms with Crippen LogP contribution in [0.25, 0.3) is 33.0 Å². The van der Waals surface area contributed by atoms with E-state index >= 15 is 0 Å². The molecule has 184 valence electrons. The zero-order valence-electron chi connectivity index (χ0n) is 20.3. The van der Waals surface area contributed by atoms with Crippen LogP contribution in [0, 0.1) is 0 Å². The number of hydrogen-bond donors (Lipinski definition) is 2. The van der Waals surface area contributed by atoms with E-state index in [0.717, 1.165) is 22.8 Å². The number of aromatic nitrogens is 1. The smallest absolute Gasteiger partial charge is 0.259 e. The number of hydrogen-bond acceptors (Lipinski definition) is 5.